The summed E-state index contributed by atoms with van der Waals surface area (Å²) >= 11 is 5.96. The molecule has 1 fully saturated rings. The van der Waals surface area contributed by atoms with Crippen LogP contribution in [0.2, 0.25) is 5.02 Å². The lowest BCUT2D eigenvalue weighted by molar-refractivity contribution is -0.128. The molecule has 0 aromatic heterocycles. The van der Waals surface area contributed by atoms with E-state index in [0.29, 0.717) is 30.5 Å². The van der Waals surface area contributed by atoms with Crippen LogP contribution in [0.5, 0.6) is 0 Å². The van der Waals surface area contributed by atoms with Gasteiger partial charge in [-0.1, -0.05) is 11.6 Å². The van der Waals surface area contributed by atoms with Crippen LogP contribution in [0, 0.1) is 5.41 Å². The van der Waals surface area contributed by atoms with E-state index in [4.69, 9.17) is 16.3 Å². The van der Waals surface area contributed by atoms with E-state index in [1.165, 1.54) is 6.92 Å². The molecule has 5 nitrogen and oxygen atoms in total. The van der Waals surface area contributed by atoms with Crippen molar-refractivity contribution in [2.24, 2.45) is 5.41 Å². The predicted molar refractivity (Wildman–Crippen MR) is 74.6 cm³/mol. The number of nitrogens with one attached hydrogen (secondary N) is 2. The van der Waals surface area contributed by atoms with Crippen LogP contribution in [0.25, 0.3) is 0 Å². The Bertz CT molecular complexity index is 469. The van der Waals surface area contributed by atoms with E-state index in [0.717, 1.165) is 5.69 Å². The minimum atomic E-state index is -0.240. The zero-order valence-corrected chi connectivity index (χ0v) is 11.5. The summed E-state index contributed by atoms with van der Waals surface area (Å²) in [6, 6.07) is 5.21. The van der Waals surface area contributed by atoms with E-state index in [9.17, 15) is 9.90 Å². The number of carbonyl (C=O) groups is 1. The van der Waals surface area contributed by atoms with Gasteiger partial charge in [0.1, 0.15) is 0 Å². The Morgan fingerprint density at radius 1 is 1.47 bits per heavy atom. The fourth-order valence-corrected chi connectivity index (χ4v) is 2.06. The van der Waals surface area contributed by atoms with Crippen LogP contribution >= 0.6 is 11.6 Å². The quantitative estimate of drug-likeness (QED) is 0.770. The molecule has 6 heteroatoms. The fourth-order valence-electron chi connectivity index (χ4n) is 1.88. The SMILES string of the molecule is CC(=O)Nc1ccc(Cl)cc1NCC1(CO)COC1. The first kappa shape index (κ1) is 14.1. The summed E-state index contributed by atoms with van der Waals surface area (Å²) < 4.78 is 5.14. The molecule has 3 N–H and O–H groups in total. The van der Waals surface area contributed by atoms with Crippen molar-refractivity contribution in [2.75, 3.05) is 37.0 Å². The van der Waals surface area contributed by atoms with Gasteiger partial charge >= 0.3 is 0 Å². The number of ether oxygens (including phenoxy) is 1. The lowest BCUT2D eigenvalue weighted by atomic mass is 9.87. The van der Waals surface area contributed by atoms with Gasteiger partial charge in [-0.2, -0.15) is 0 Å². The molecule has 1 saturated heterocycles. The average Bonchev–Trinajstić information content (AvgIpc) is 2.31. The van der Waals surface area contributed by atoms with Crippen molar-refractivity contribution in [2.45, 2.75) is 6.92 Å². The van der Waals surface area contributed by atoms with Gasteiger partial charge < -0.3 is 20.5 Å². The molecule has 0 radical (unpaired) electrons. The van der Waals surface area contributed by atoms with Gasteiger partial charge in [-0.25, -0.2) is 0 Å². The molecule has 1 aliphatic rings. The topological polar surface area (TPSA) is 70.6 Å². The number of rotatable bonds is 5. The maximum absolute atomic E-state index is 11.1. The molecule has 1 aromatic rings. The standard InChI is InChI=1S/C13H17ClN2O3/c1-9(18)16-11-3-2-10(14)4-12(11)15-5-13(6-17)7-19-8-13/h2-4,15,17H,5-8H2,1H3,(H,16,18). The van der Waals surface area contributed by atoms with Crippen molar-refractivity contribution in [1.82, 2.24) is 0 Å². The number of anilines is 2. The van der Waals surface area contributed by atoms with Gasteiger partial charge in [0.25, 0.3) is 0 Å². The van der Waals surface area contributed by atoms with Crippen LogP contribution in [0.4, 0.5) is 11.4 Å². The molecule has 1 aromatic carbocycles. The molecule has 19 heavy (non-hydrogen) atoms. The zero-order chi connectivity index (χ0) is 13.9. The minimum Gasteiger partial charge on any atom is -0.396 e. The normalized spacial score (nSPS) is 16.6. The lowest BCUT2D eigenvalue weighted by Gasteiger charge is -2.40. The zero-order valence-electron chi connectivity index (χ0n) is 10.7. The van der Waals surface area contributed by atoms with Crippen LogP contribution < -0.4 is 10.6 Å². The molecule has 0 spiro atoms. The molecule has 1 heterocycles. The molecule has 0 aliphatic carbocycles. The van der Waals surface area contributed by atoms with Crippen LogP contribution in [0.3, 0.4) is 0 Å². The Morgan fingerprint density at radius 2 is 2.21 bits per heavy atom. The van der Waals surface area contributed by atoms with Crippen molar-refractivity contribution in [3.63, 3.8) is 0 Å². The molecule has 0 atom stereocenters. The molecule has 0 bridgehead atoms. The highest BCUT2D eigenvalue weighted by molar-refractivity contribution is 6.31. The first-order valence-electron chi connectivity index (χ1n) is 6.04. The summed E-state index contributed by atoms with van der Waals surface area (Å²) in [5, 5.41) is 15.9. The third-order valence-corrected chi connectivity index (χ3v) is 3.33. The maximum atomic E-state index is 11.1. The van der Waals surface area contributed by atoms with Crippen LogP contribution in [0.15, 0.2) is 18.2 Å². The molecular formula is C13H17ClN2O3. The van der Waals surface area contributed by atoms with E-state index in [-0.39, 0.29) is 17.9 Å². The number of amides is 1. The second-order valence-electron chi connectivity index (χ2n) is 4.88. The summed E-state index contributed by atoms with van der Waals surface area (Å²) in [6.07, 6.45) is 0. The third-order valence-electron chi connectivity index (χ3n) is 3.10. The number of aliphatic hydroxyl groups excluding tert-OH is 1. The van der Waals surface area contributed by atoms with E-state index < -0.39 is 0 Å². The van der Waals surface area contributed by atoms with Crippen LogP contribution in [-0.2, 0) is 9.53 Å². The number of halogens is 1. The van der Waals surface area contributed by atoms with Crippen LogP contribution in [-0.4, -0.2) is 37.4 Å². The van der Waals surface area contributed by atoms with Gasteiger partial charge in [0.05, 0.1) is 36.6 Å². The van der Waals surface area contributed by atoms with E-state index in [1.54, 1.807) is 18.2 Å². The highest BCUT2D eigenvalue weighted by Crippen LogP contribution is 2.30. The van der Waals surface area contributed by atoms with E-state index in [1.807, 2.05) is 0 Å². The second-order valence-corrected chi connectivity index (χ2v) is 5.31. The number of carbonyl (C=O) groups excluding carboxylic acids is 1. The predicted octanol–water partition coefficient (Wildman–Crippen LogP) is 1.72. The smallest absolute Gasteiger partial charge is 0.221 e. The van der Waals surface area contributed by atoms with Crippen molar-refractivity contribution in [3.05, 3.63) is 23.2 Å². The van der Waals surface area contributed by atoms with Crippen LogP contribution in [0.1, 0.15) is 6.92 Å². The van der Waals surface area contributed by atoms with E-state index >= 15 is 0 Å². The van der Waals surface area contributed by atoms with Gasteiger partial charge in [0.2, 0.25) is 5.91 Å². The summed E-state index contributed by atoms with van der Waals surface area (Å²) in [5.74, 6) is -0.144. The monoisotopic (exact) mass is 284 g/mol. The Hall–Kier alpha value is -1.30. The Kier molecular flexibility index (Phi) is 4.29. The number of hydrogen-bond donors (Lipinski definition) is 3. The Morgan fingerprint density at radius 3 is 2.74 bits per heavy atom. The van der Waals surface area contributed by atoms with Gasteiger partial charge in [-0.3, -0.25) is 4.79 Å². The highest BCUT2D eigenvalue weighted by atomic mass is 35.5. The van der Waals surface area contributed by atoms with Gasteiger partial charge in [-0.05, 0) is 18.2 Å². The van der Waals surface area contributed by atoms with Gasteiger partial charge in [0.15, 0.2) is 0 Å². The molecule has 104 valence electrons. The molecule has 1 aliphatic heterocycles. The highest BCUT2D eigenvalue weighted by Gasteiger charge is 2.37. The summed E-state index contributed by atoms with van der Waals surface area (Å²) in [4.78, 5) is 11.1. The summed E-state index contributed by atoms with van der Waals surface area (Å²) in [7, 11) is 0. The van der Waals surface area contributed by atoms with Gasteiger partial charge in [0, 0.05) is 18.5 Å². The maximum Gasteiger partial charge on any atom is 0.221 e. The fraction of sp³-hybridized carbons (Fsp3) is 0.462. The lowest BCUT2D eigenvalue weighted by Crippen LogP contribution is -2.50. The van der Waals surface area contributed by atoms with Crippen molar-refractivity contribution >= 4 is 28.9 Å². The molecule has 0 saturated carbocycles. The summed E-state index contributed by atoms with van der Waals surface area (Å²) in [5.41, 5.74) is 1.17. The first-order valence-corrected chi connectivity index (χ1v) is 6.42. The number of benzene rings is 1. The van der Waals surface area contributed by atoms with Crippen molar-refractivity contribution in [3.8, 4) is 0 Å². The number of hydrogen-bond acceptors (Lipinski definition) is 4. The minimum absolute atomic E-state index is 0.0655. The molecular weight excluding hydrogens is 268 g/mol. The van der Waals surface area contributed by atoms with Crippen molar-refractivity contribution in [1.29, 1.82) is 0 Å². The average molecular weight is 285 g/mol. The third kappa shape index (κ3) is 3.37. The van der Waals surface area contributed by atoms with E-state index in [2.05, 4.69) is 10.6 Å². The second kappa shape index (κ2) is 5.77. The largest absolute Gasteiger partial charge is 0.396 e. The van der Waals surface area contributed by atoms with Crippen molar-refractivity contribution < 1.29 is 14.6 Å². The number of aliphatic hydroxyl groups is 1. The Balaban J connectivity index is 2.09. The van der Waals surface area contributed by atoms with Gasteiger partial charge in [-0.15, -0.1) is 0 Å². The Labute approximate surface area is 116 Å². The molecule has 2 rings (SSSR count). The summed E-state index contributed by atoms with van der Waals surface area (Å²) in [6.45, 7) is 3.15. The molecule has 1 amide bonds. The molecule has 0 unspecified atom stereocenters. The first-order chi connectivity index (χ1) is 9.04.